The van der Waals surface area contributed by atoms with Gasteiger partial charge >= 0.3 is 5.97 Å². The van der Waals surface area contributed by atoms with E-state index < -0.39 is 17.8 Å². The van der Waals surface area contributed by atoms with Crippen LogP contribution >= 0.6 is 0 Å². The van der Waals surface area contributed by atoms with Crippen molar-refractivity contribution >= 4 is 11.9 Å². The first kappa shape index (κ1) is 14.6. The van der Waals surface area contributed by atoms with Crippen molar-refractivity contribution in [3.05, 3.63) is 35.4 Å². The molecule has 0 saturated heterocycles. The van der Waals surface area contributed by atoms with Crippen molar-refractivity contribution in [2.24, 2.45) is 17.8 Å². The lowest BCUT2D eigenvalue weighted by Crippen LogP contribution is -2.34. The molecule has 4 nitrogen and oxygen atoms in total. The van der Waals surface area contributed by atoms with Crippen LogP contribution in [0.4, 0.5) is 0 Å². The number of hydrogen-bond donors (Lipinski definition) is 2. The van der Waals surface area contributed by atoms with Gasteiger partial charge in [-0.25, -0.2) is 0 Å². The van der Waals surface area contributed by atoms with Crippen LogP contribution in [0.2, 0.25) is 0 Å². The summed E-state index contributed by atoms with van der Waals surface area (Å²) >= 11 is 0. The van der Waals surface area contributed by atoms with Gasteiger partial charge in [-0.2, -0.15) is 0 Å². The van der Waals surface area contributed by atoms with Gasteiger partial charge in [-0.3, -0.25) is 9.59 Å². The first-order chi connectivity index (χ1) is 9.47. The number of amides is 1. The Kier molecular flexibility index (Phi) is 4.42. The molecule has 0 heterocycles. The van der Waals surface area contributed by atoms with Gasteiger partial charge in [-0.05, 0) is 31.2 Å². The van der Waals surface area contributed by atoms with Crippen molar-refractivity contribution < 1.29 is 14.7 Å². The number of nitrogens with one attached hydrogen (secondary N) is 1. The molecule has 1 aliphatic rings. The zero-order chi connectivity index (χ0) is 14.7. The van der Waals surface area contributed by atoms with Crippen molar-refractivity contribution in [2.75, 3.05) is 0 Å². The molecule has 1 aliphatic carbocycles. The number of carbonyl (C=O) groups is 2. The maximum Gasteiger partial charge on any atom is 0.307 e. The van der Waals surface area contributed by atoms with Crippen molar-refractivity contribution in [1.29, 1.82) is 0 Å². The first-order valence-electron chi connectivity index (χ1n) is 7.03. The molecule has 3 atom stereocenters. The molecule has 0 bridgehead atoms. The lowest BCUT2D eigenvalue weighted by Gasteiger charge is -2.15. The Balaban J connectivity index is 1.96. The molecule has 1 amide bonds. The Hall–Kier alpha value is -1.84. The molecular weight excluding hydrogens is 254 g/mol. The molecule has 0 aliphatic heterocycles. The number of aryl methyl sites for hydroxylation is 1. The average molecular weight is 275 g/mol. The molecule has 1 aromatic rings. The standard InChI is InChI=1S/C16H21NO3/c1-10-4-3-5-12(6-10)9-17-15(18)13-7-11(2)8-14(13)16(19)20/h3-6,11,13-14H,7-9H2,1-2H3,(H,17,18)(H,19,20)/t11?,13-,14+/m0/s1. The Bertz CT molecular complexity index is 512. The van der Waals surface area contributed by atoms with E-state index in [0.717, 1.165) is 11.1 Å². The second-order valence-corrected chi connectivity index (χ2v) is 5.83. The molecule has 108 valence electrons. The summed E-state index contributed by atoms with van der Waals surface area (Å²) in [6.45, 7) is 4.46. The van der Waals surface area contributed by atoms with Gasteiger partial charge in [0.05, 0.1) is 11.8 Å². The van der Waals surface area contributed by atoms with Gasteiger partial charge in [-0.15, -0.1) is 0 Å². The molecule has 0 aromatic heterocycles. The van der Waals surface area contributed by atoms with Crippen LogP contribution in [-0.2, 0) is 16.1 Å². The van der Waals surface area contributed by atoms with Crippen LogP contribution in [0.1, 0.15) is 30.9 Å². The monoisotopic (exact) mass is 275 g/mol. The number of rotatable bonds is 4. The summed E-state index contributed by atoms with van der Waals surface area (Å²) in [4.78, 5) is 23.4. The van der Waals surface area contributed by atoms with E-state index in [-0.39, 0.29) is 5.91 Å². The fourth-order valence-electron chi connectivity index (χ4n) is 3.00. The number of aliphatic carboxylic acids is 1. The van der Waals surface area contributed by atoms with Crippen LogP contribution in [0.15, 0.2) is 24.3 Å². The summed E-state index contributed by atoms with van der Waals surface area (Å²) < 4.78 is 0. The predicted molar refractivity (Wildman–Crippen MR) is 76.0 cm³/mol. The Morgan fingerprint density at radius 3 is 2.65 bits per heavy atom. The van der Waals surface area contributed by atoms with E-state index in [1.807, 2.05) is 38.1 Å². The van der Waals surface area contributed by atoms with E-state index in [1.54, 1.807) is 0 Å². The molecule has 1 unspecified atom stereocenters. The molecule has 20 heavy (non-hydrogen) atoms. The summed E-state index contributed by atoms with van der Waals surface area (Å²) in [7, 11) is 0. The molecular formula is C16H21NO3. The minimum Gasteiger partial charge on any atom is -0.481 e. The van der Waals surface area contributed by atoms with Crippen molar-refractivity contribution in [1.82, 2.24) is 5.32 Å². The highest BCUT2D eigenvalue weighted by atomic mass is 16.4. The molecule has 1 saturated carbocycles. The largest absolute Gasteiger partial charge is 0.481 e. The van der Waals surface area contributed by atoms with Gasteiger partial charge in [0, 0.05) is 6.54 Å². The van der Waals surface area contributed by atoms with E-state index in [9.17, 15) is 14.7 Å². The van der Waals surface area contributed by atoms with Gasteiger partial charge in [0.2, 0.25) is 5.91 Å². The molecule has 2 rings (SSSR count). The molecule has 1 aromatic carbocycles. The van der Waals surface area contributed by atoms with E-state index in [0.29, 0.717) is 25.3 Å². The highest BCUT2D eigenvalue weighted by Gasteiger charge is 2.40. The third-order valence-corrected chi connectivity index (χ3v) is 4.00. The number of carbonyl (C=O) groups excluding carboxylic acids is 1. The van der Waals surface area contributed by atoms with E-state index in [2.05, 4.69) is 5.32 Å². The summed E-state index contributed by atoms with van der Waals surface area (Å²) in [5.74, 6) is -1.63. The molecule has 1 fully saturated rings. The Labute approximate surface area is 119 Å². The van der Waals surface area contributed by atoms with Crippen molar-refractivity contribution in [3.63, 3.8) is 0 Å². The van der Waals surface area contributed by atoms with Gasteiger partial charge in [0.1, 0.15) is 0 Å². The Morgan fingerprint density at radius 1 is 1.30 bits per heavy atom. The summed E-state index contributed by atoms with van der Waals surface area (Å²) in [5.41, 5.74) is 2.19. The lowest BCUT2D eigenvalue weighted by atomic mass is 9.95. The third-order valence-electron chi connectivity index (χ3n) is 4.00. The highest BCUT2D eigenvalue weighted by molar-refractivity contribution is 5.85. The minimum absolute atomic E-state index is 0.136. The van der Waals surface area contributed by atoms with Crippen LogP contribution < -0.4 is 5.32 Å². The molecule has 0 radical (unpaired) electrons. The van der Waals surface area contributed by atoms with Crippen LogP contribution in [0, 0.1) is 24.7 Å². The molecule has 2 N–H and O–H groups in total. The van der Waals surface area contributed by atoms with Crippen LogP contribution in [0.25, 0.3) is 0 Å². The summed E-state index contributed by atoms with van der Waals surface area (Å²) in [6, 6.07) is 7.93. The second-order valence-electron chi connectivity index (χ2n) is 5.83. The van der Waals surface area contributed by atoms with Gasteiger partial charge in [-0.1, -0.05) is 36.8 Å². The second kappa shape index (κ2) is 6.07. The quantitative estimate of drug-likeness (QED) is 0.886. The van der Waals surface area contributed by atoms with Gasteiger partial charge < -0.3 is 10.4 Å². The summed E-state index contributed by atoms with van der Waals surface area (Å²) in [6.07, 6.45) is 1.26. The number of benzene rings is 1. The van der Waals surface area contributed by atoms with Crippen molar-refractivity contribution in [3.8, 4) is 0 Å². The maximum atomic E-state index is 12.2. The molecule has 0 spiro atoms. The SMILES string of the molecule is Cc1cccc(CNC(=O)[C@H]2CC(C)C[C@H]2C(=O)O)c1. The number of carboxylic acids is 1. The minimum atomic E-state index is -0.856. The zero-order valence-corrected chi connectivity index (χ0v) is 11.9. The lowest BCUT2D eigenvalue weighted by molar-refractivity contribution is -0.146. The highest BCUT2D eigenvalue weighted by Crippen LogP contribution is 2.36. The van der Waals surface area contributed by atoms with Crippen LogP contribution in [0.5, 0.6) is 0 Å². The van der Waals surface area contributed by atoms with Crippen LogP contribution in [-0.4, -0.2) is 17.0 Å². The van der Waals surface area contributed by atoms with E-state index >= 15 is 0 Å². The van der Waals surface area contributed by atoms with Gasteiger partial charge in [0.15, 0.2) is 0 Å². The van der Waals surface area contributed by atoms with E-state index in [4.69, 9.17) is 0 Å². The topological polar surface area (TPSA) is 66.4 Å². The maximum absolute atomic E-state index is 12.2. The predicted octanol–water partition coefficient (Wildman–Crippen LogP) is 2.36. The first-order valence-corrected chi connectivity index (χ1v) is 7.03. The average Bonchev–Trinajstić information content (AvgIpc) is 2.78. The fraction of sp³-hybridized carbons (Fsp3) is 0.500. The number of carboxylic acid groups (broad SMARTS) is 1. The zero-order valence-electron chi connectivity index (χ0n) is 11.9. The third kappa shape index (κ3) is 3.38. The smallest absolute Gasteiger partial charge is 0.307 e. The fourth-order valence-corrected chi connectivity index (χ4v) is 3.00. The Morgan fingerprint density at radius 2 is 2.00 bits per heavy atom. The van der Waals surface area contributed by atoms with Crippen LogP contribution in [0.3, 0.4) is 0 Å². The van der Waals surface area contributed by atoms with Gasteiger partial charge in [0.25, 0.3) is 0 Å². The van der Waals surface area contributed by atoms with Crippen molar-refractivity contribution in [2.45, 2.75) is 33.2 Å². The normalized spacial score (nSPS) is 25.4. The number of hydrogen-bond acceptors (Lipinski definition) is 2. The summed E-state index contributed by atoms with van der Waals surface area (Å²) in [5, 5.41) is 12.1. The van der Waals surface area contributed by atoms with E-state index in [1.165, 1.54) is 0 Å². The molecule has 4 heteroatoms.